The van der Waals surface area contributed by atoms with Crippen LogP contribution in [0.4, 0.5) is 5.82 Å². The summed E-state index contributed by atoms with van der Waals surface area (Å²) in [5.41, 5.74) is 1.72. The van der Waals surface area contributed by atoms with Gasteiger partial charge in [0.1, 0.15) is 5.82 Å². The van der Waals surface area contributed by atoms with E-state index in [0.29, 0.717) is 10.0 Å². The van der Waals surface area contributed by atoms with E-state index in [-0.39, 0.29) is 0 Å². The van der Waals surface area contributed by atoms with Gasteiger partial charge >= 0.3 is 0 Å². The summed E-state index contributed by atoms with van der Waals surface area (Å²) in [6, 6.07) is 5.77. The van der Waals surface area contributed by atoms with E-state index in [1.165, 1.54) is 0 Å². The summed E-state index contributed by atoms with van der Waals surface area (Å²) >= 11 is 14.2. The molecule has 0 atom stereocenters. The van der Waals surface area contributed by atoms with E-state index in [1.807, 2.05) is 48.9 Å². The van der Waals surface area contributed by atoms with Crippen LogP contribution in [-0.2, 0) is 7.05 Å². The van der Waals surface area contributed by atoms with E-state index in [1.54, 1.807) is 17.8 Å². The van der Waals surface area contributed by atoms with Crippen LogP contribution in [0.1, 0.15) is 0 Å². The Kier molecular flexibility index (Phi) is 5.25. The first-order valence-electron chi connectivity index (χ1n) is 6.38. The van der Waals surface area contributed by atoms with Crippen molar-refractivity contribution in [1.82, 2.24) is 9.78 Å². The van der Waals surface area contributed by atoms with E-state index >= 15 is 0 Å². The Morgan fingerprint density at radius 1 is 1.29 bits per heavy atom. The Morgan fingerprint density at radius 3 is 2.57 bits per heavy atom. The van der Waals surface area contributed by atoms with Gasteiger partial charge in [-0.15, -0.1) is 18.3 Å². The standard InChI is InChI=1S/C15H17Cl2N3S/c1-5-6-21-14-7-10(11(16)8-12(14)17)13-9-15(19(2)3)20(4)18-13/h5,7-9H,1,6H2,2-4H3. The molecule has 0 N–H and O–H groups in total. The fourth-order valence-electron chi connectivity index (χ4n) is 1.99. The van der Waals surface area contributed by atoms with Crippen LogP contribution in [0.2, 0.25) is 10.0 Å². The lowest BCUT2D eigenvalue weighted by atomic mass is 10.1. The number of nitrogens with zero attached hydrogens (tertiary/aromatic N) is 3. The van der Waals surface area contributed by atoms with E-state index in [0.717, 1.165) is 27.7 Å². The van der Waals surface area contributed by atoms with Gasteiger partial charge in [-0.3, -0.25) is 4.68 Å². The SMILES string of the molecule is C=CCSc1cc(-c2cc(N(C)C)n(C)n2)c(Cl)cc1Cl. The van der Waals surface area contributed by atoms with Crippen molar-refractivity contribution in [3.8, 4) is 11.3 Å². The molecule has 0 aliphatic carbocycles. The lowest BCUT2D eigenvalue weighted by molar-refractivity contribution is 0.757. The second kappa shape index (κ2) is 6.77. The predicted molar refractivity (Wildman–Crippen MR) is 93.9 cm³/mol. The average molecular weight is 342 g/mol. The van der Waals surface area contributed by atoms with Crippen molar-refractivity contribution in [1.29, 1.82) is 0 Å². The fraction of sp³-hybridized carbons (Fsp3) is 0.267. The summed E-state index contributed by atoms with van der Waals surface area (Å²) in [5.74, 6) is 1.81. The summed E-state index contributed by atoms with van der Waals surface area (Å²) in [4.78, 5) is 2.99. The van der Waals surface area contributed by atoms with Gasteiger partial charge in [0.2, 0.25) is 0 Å². The highest BCUT2D eigenvalue weighted by molar-refractivity contribution is 7.99. The molecule has 1 heterocycles. The minimum absolute atomic E-state index is 0.603. The second-order valence-corrected chi connectivity index (χ2v) is 6.64. The van der Waals surface area contributed by atoms with Gasteiger partial charge < -0.3 is 4.90 Å². The summed E-state index contributed by atoms with van der Waals surface area (Å²) in [5, 5.41) is 5.79. The van der Waals surface area contributed by atoms with E-state index in [2.05, 4.69) is 11.7 Å². The zero-order valence-electron chi connectivity index (χ0n) is 12.2. The molecule has 112 valence electrons. The van der Waals surface area contributed by atoms with Crippen LogP contribution in [-0.4, -0.2) is 29.6 Å². The highest BCUT2D eigenvalue weighted by Gasteiger charge is 2.14. The monoisotopic (exact) mass is 341 g/mol. The third-order valence-electron chi connectivity index (χ3n) is 2.97. The molecule has 6 heteroatoms. The quantitative estimate of drug-likeness (QED) is 0.579. The maximum atomic E-state index is 6.33. The number of aryl methyl sites for hydroxylation is 1. The normalized spacial score (nSPS) is 10.7. The van der Waals surface area contributed by atoms with Crippen LogP contribution in [0, 0.1) is 0 Å². The molecule has 0 saturated carbocycles. The minimum Gasteiger partial charge on any atom is -0.363 e. The van der Waals surface area contributed by atoms with Crippen LogP contribution >= 0.6 is 35.0 Å². The molecule has 0 amide bonds. The largest absolute Gasteiger partial charge is 0.363 e. The molecule has 0 unspecified atom stereocenters. The molecule has 3 nitrogen and oxygen atoms in total. The van der Waals surface area contributed by atoms with Crippen LogP contribution in [0.3, 0.4) is 0 Å². The minimum atomic E-state index is 0.603. The Labute approximate surface area is 139 Å². The van der Waals surface area contributed by atoms with Gasteiger partial charge in [0.25, 0.3) is 0 Å². The second-order valence-electron chi connectivity index (χ2n) is 4.77. The molecule has 0 radical (unpaired) electrons. The van der Waals surface area contributed by atoms with Crippen molar-refractivity contribution < 1.29 is 0 Å². The highest BCUT2D eigenvalue weighted by atomic mass is 35.5. The van der Waals surface area contributed by atoms with E-state index < -0.39 is 0 Å². The van der Waals surface area contributed by atoms with Crippen molar-refractivity contribution in [2.24, 2.45) is 7.05 Å². The van der Waals surface area contributed by atoms with Gasteiger partial charge in [0.15, 0.2) is 0 Å². The van der Waals surface area contributed by atoms with Crippen LogP contribution in [0.15, 0.2) is 35.7 Å². The number of thioether (sulfide) groups is 1. The van der Waals surface area contributed by atoms with Crippen molar-refractivity contribution in [2.75, 3.05) is 24.7 Å². The van der Waals surface area contributed by atoms with Gasteiger partial charge in [-0.2, -0.15) is 5.10 Å². The Balaban J connectivity index is 2.47. The number of hydrogen-bond donors (Lipinski definition) is 0. The number of halogens is 2. The molecule has 0 spiro atoms. The average Bonchev–Trinajstić information content (AvgIpc) is 2.80. The van der Waals surface area contributed by atoms with Crippen LogP contribution < -0.4 is 4.90 Å². The number of benzene rings is 1. The third-order valence-corrected chi connectivity index (χ3v) is 4.76. The Bertz CT molecular complexity index is 665. The number of aromatic nitrogens is 2. The van der Waals surface area contributed by atoms with Gasteiger partial charge in [-0.1, -0.05) is 29.3 Å². The first kappa shape index (κ1) is 16.3. The van der Waals surface area contributed by atoms with Crippen molar-refractivity contribution in [3.05, 3.63) is 40.9 Å². The summed E-state index contributed by atoms with van der Waals surface area (Å²) in [7, 11) is 5.88. The Hall–Kier alpha value is -1.10. The first-order chi connectivity index (χ1) is 9.93. The topological polar surface area (TPSA) is 21.1 Å². The predicted octanol–water partition coefficient (Wildman–Crippen LogP) is 4.74. The van der Waals surface area contributed by atoms with E-state index in [4.69, 9.17) is 23.2 Å². The smallest absolute Gasteiger partial charge is 0.126 e. The lowest BCUT2D eigenvalue weighted by Crippen LogP contribution is -2.12. The molecule has 0 fully saturated rings. The number of hydrogen-bond acceptors (Lipinski definition) is 3. The maximum absolute atomic E-state index is 6.33. The molecule has 2 rings (SSSR count). The first-order valence-corrected chi connectivity index (χ1v) is 8.12. The van der Waals surface area contributed by atoms with Crippen molar-refractivity contribution in [3.63, 3.8) is 0 Å². The fourth-order valence-corrected chi connectivity index (χ4v) is 3.33. The molecule has 2 aromatic rings. The molecule has 0 bridgehead atoms. The molecule has 0 aliphatic heterocycles. The van der Waals surface area contributed by atoms with Crippen molar-refractivity contribution >= 4 is 40.8 Å². The lowest BCUT2D eigenvalue weighted by Gasteiger charge is -2.10. The summed E-state index contributed by atoms with van der Waals surface area (Å²) in [6.45, 7) is 3.73. The number of anilines is 1. The van der Waals surface area contributed by atoms with Gasteiger partial charge in [-0.25, -0.2) is 0 Å². The van der Waals surface area contributed by atoms with Crippen LogP contribution in [0.25, 0.3) is 11.3 Å². The van der Waals surface area contributed by atoms with Gasteiger partial charge in [0, 0.05) is 43.4 Å². The zero-order valence-corrected chi connectivity index (χ0v) is 14.6. The number of rotatable bonds is 5. The molecule has 21 heavy (non-hydrogen) atoms. The van der Waals surface area contributed by atoms with Crippen LogP contribution in [0.5, 0.6) is 0 Å². The molecule has 1 aromatic carbocycles. The third kappa shape index (κ3) is 3.57. The molecular weight excluding hydrogens is 325 g/mol. The summed E-state index contributed by atoms with van der Waals surface area (Å²) < 4.78 is 1.83. The zero-order chi connectivity index (χ0) is 15.6. The van der Waals surface area contributed by atoms with E-state index in [9.17, 15) is 0 Å². The molecular formula is C15H17Cl2N3S. The molecule has 0 aliphatic rings. The molecule has 0 saturated heterocycles. The highest BCUT2D eigenvalue weighted by Crippen LogP contribution is 2.37. The maximum Gasteiger partial charge on any atom is 0.126 e. The summed E-state index contributed by atoms with van der Waals surface area (Å²) in [6.07, 6.45) is 1.85. The Morgan fingerprint density at radius 2 is 2.00 bits per heavy atom. The molecule has 1 aromatic heterocycles. The van der Waals surface area contributed by atoms with Gasteiger partial charge in [-0.05, 0) is 12.1 Å². The van der Waals surface area contributed by atoms with Gasteiger partial charge in [0.05, 0.1) is 15.7 Å². The van der Waals surface area contributed by atoms with Crippen molar-refractivity contribution in [2.45, 2.75) is 4.90 Å².